The number of carbonyl (C=O) groups is 2. The average molecular weight is 236 g/mol. The van der Waals surface area contributed by atoms with Crippen molar-refractivity contribution in [2.24, 2.45) is 0 Å². The van der Waals surface area contributed by atoms with Crippen LogP contribution in [0.4, 0.5) is 5.69 Å². The lowest BCUT2D eigenvalue weighted by Gasteiger charge is -2.05. The summed E-state index contributed by atoms with van der Waals surface area (Å²) in [6.45, 7) is 1.65. The van der Waals surface area contributed by atoms with E-state index in [0.29, 0.717) is 5.69 Å². The largest absolute Gasteiger partial charge is 0.395 e. The van der Waals surface area contributed by atoms with Crippen molar-refractivity contribution in [1.29, 1.82) is 0 Å². The number of aliphatic hydroxyl groups excluding tert-OH is 1. The highest BCUT2D eigenvalue weighted by molar-refractivity contribution is 5.88. The van der Waals surface area contributed by atoms with Gasteiger partial charge in [-0.25, -0.2) is 0 Å². The minimum absolute atomic E-state index is 0.0623. The summed E-state index contributed by atoms with van der Waals surface area (Å²) in [5.74, 6) is -0.259. The van der Waals surface area contributed by atoms with Gasteiger partial charge in [0.05, 0.1) is 13.0 Å². The molecule has 0 unspecified atom stereocenters. The molecule has 1 aromatic rings. The lowest BCUT2D eigenvalue weighted by molar-refractivity contribution is -0.120. The van der Waals surface area contributed by atoms with Gasteiger partial charge in [-0.2, -0.15) is 0 Å². The minimum atomic E-state index is -0.133. The maximum absolute atomic E-state index is 11.3. The summed E-state index contributed by atoms with van der Waals surface area (Å²) in [4.78, 5) is 22.1. The summed E-state index contributed by atoms with van der Waals surface area (Å²) in [5, 5.41) is 13.8. The van der Waals surface area contributed by atoms with Crippen LogP contribution in [0.1, 0.15) is 12.5 Å². The number of anilines is 1. The van der Waals surface area contributed by atoms with Crippen LogP contribution in [0.3, 0.4) is 0 Å². The van der Waals surface area contributed by atoms with E-state index >= 15 is 0 Å². The molecule has 0 bridgehead atoms. The SMILES string of the molecule is CC(=O)Nc1ccc(CC(=O)NCCO)cc1. The third-order valence-corrected chi connectivity index (χ3v) is 2.07. The molecule has 0 aliphatic heterocycles. The van der Waals surface area contributed by atoms with Gasteiger partial charge in [0.25, 0.3) is 0 Å². The fraction of sp³-hybridized carbons (Fsp3) is 0.333. The number of amides is 2. The van der Waals surface area contributed by atoms with E-state index in [4.69, 9.17) is 5.11 Å². The lowest BCUT2D eigenvalue weighted by atomic mass is 10.1. The highest BCUT2D eigenvalue weighted by atomic mass is 16.3. The summed E-state index contributed by atoms with van der Waals surface area (Å²) in [5.41, 5.74) is 1.56. The third kappa shape index (κ3) is 5.12. The van der Waals surface area contributed by atoms with Gasteiger partial charge in [0.15, 0.2) is 0 Å². The molecule has 0 heterocycles. The number of carbonyl (C=O) groups excluding carboxylic acids is 2. The third-order valence-electron chi connectivity index (χ3n) is 2.07. The molecule has 0 fully saturated rings. The van der Waals surface area contributed by atoms with Crippen LogP contribution in [0.25, 0.3) is 0 Å². The first-order valence-corrected chi connectivity index (χ1v) is 5.36. The molecule has 0 spiro atoms. The fourth-order valence-electron chi connectivity index (χ4n) is 1.35. The Balaban J connectivity index is 2.50. The van der Waals surface area contributed by atoms with Crippen LogP contribution < -0.4 is 10.6 Å². The summed E-state index contributed by atoms with van der Waals surface area (Å²) in [6.07, 6.45) is 0.264. The zero-order chi connectivity index (χ0) is 12.7. The molecule has 5 heteroatoms. The van der Waals surface area contributed by atoms with E-state index in [-0.39, 0.29) is 31.4 Å². The van der Waals surface area contributed by atoms with E-state index in [1.807, 2.05) is 0 Å². The number of hydrogen-bond acceptors (Lipinski definition) is 3. The second-order valence-corrected chi connectivity index (χ2v) is 3.63. The predicted octanol–water partition coefficient (Wildman–Crippen LogP) is 0.296. The Morgan fingerprint density at radius 2 is 1.88 bits per heavy atom. The van der Waals surface area contributed by atoms with Crippen molar-refractivity contribution < 1.29 is 14.7 Å². The summed E-state index contributed by atoms with van der Waals surface area (Å²) < 4.78 is 0. The fourth-order valence-corrected chi connectivity index (χ4v) is 1.35. The number of hydrogen-bond donors (Lipinski definition) is 3. The van der Waals surface area contributed by atoms with Gasteiger partial charge in [-0.3, -0.25) is 9.59 Å². The van der Waals surface area contributed by atoms with E-state index in [1.165, 1.54) is 6.92 Å². The topological polar surface area (TPSA) is 78.4 Å². The Bertz CT molecular complexity index is 387. The van der Waals surface area contributed by atoms with Crippen LogP contribution >= 0.6 is 0 Å². The van der Waals surface area contributed by atoms with Crippen molar-refractivity contribution in [2.75, 3.05) is 18.5 Å². The van der Waals surface area contributed by atoms with Gasteiger partial charge in [-0.15, -0.1) is 0 Å². The molecule has 3 N–H and O–H groups in total. The minimum Gasteiger partial charge on any atom is -0.395 e. The normalized spacial score (nSPS) is 9.76. The highest BCUT2D eigenvalue weighted by Crippen LogP contribution is 2.09. The van der Waals surface area contributed by atoms with Gasteiger partial charge in [0.1, 0.15) is 0 Å². The molecule has 0 aliphatic rings. The van der Waals surface area contributed by atoms with E-state index in [9.17, 15) is 9.59 Å². The van der Waals surface area contributed by atoms with E-state index in [0.717, 1.165) is 5.56 Å². The Labute approximate surface area is 99.8 Å². The molecule has 0 saturated heterocycles. The van der Waals surface area contributed by atoms with Gasteiger partial charge in [-0.1, -0.05) is 12.1 Å². The Kier molecular flexibility index (Phi) is 5.16. The molecular formula is C12H16N2O3. The molecule has 5 nitrogen and oxygen atoms in total. The zero-order valence-corrected chi connectivity index (χ0v) is 9.69. The molecule has 0 aliphatic carbocycles. The maximum Gasteiger partial charge on any atom is 0.224 e. The Morgan fingerprint density at radius 3 is 2.41 bits per heavy atom. The molecule has 17 heavy (non-hydrogen) atoms. The van der Waals surface area contributed by atoms with Crippen molar-refractivity contribution in [3.8, 4) is 0 Å². The van der Waals surface area contributed by atoms with Crippen molar-refractivity contribution >= 4 is 17.5 Å². The van der Waals surface area contributed by atoms with Crippen molar-refractivity contribution in [1.82, 2.24) is 5.32 Å². The van der Waals surface area contributed by atoms with E-state index in [1.54, 1.807) is 24.3 Å². The van der Waals surface area contributed by atoms with Crippen LogP contribution in [0.15, 0.2) is 24.3 Å². The van der Waals surface area contributed by atoms with Gasteiger partial charge in [0.2, 0.25) is 11.8 Å². The van der Waals surface area contributed by atoms with Crippen molar-refractivity contribution in [3.05, 3.63) is 29.8 Å². The summed E-state index contributed by atoms with van der Waals surface area (Å²) >= 11 is 0. The molecule has 0 saturated carbocycles. The molecule has 1 rings (SSSR count). The Morgan fingerprint density at radius 1 is 1.24 bits per heavy atom. The van der Waals surface area contributed by atoms with Crippen LogP contribution in [-0.2, 0) is 16.0 Å². The first-order chi connectivity index (χ1) is 8.11. The number of aliphatic hydroxyl groups is 1. The van der Waals surface area contributed by atoms with Gasteiger partial charge < -0.3 is 15.7 Å². The van der Waals surface area contributed by atoms with Crippen molar-refractivity contribution in [2.45, 2.75) is 13.3 Å². The second kappa shape index (κ2) is 6.65. The lowest BCUT2D eigenvalue weighted by Crippen LogP contribution is -2.27. The van der Waals surface area contributed by atoms with Crippen LogP contribution in [0.5, 0.6) is 0 Å². The Hall–Kier alpha value is -1.88. The molecule has 92 valence electrons. The standard InChI is InChI=1S/C12H16N2O3/c1-9(16)14-11-4-2-10(3-5-11)8-12(17)13-6-7-15/h2-5,15H,6-8H2,1H3,(H,13,17)(H,14,16). The van der Waals surface area contributed by atoms with Crippen LogP contribution in [0.2, 0.25) is 0 Å². The highest BCUT2D eigenvalue weighted by Gasteiger charge is 2.02. The van der Waals surface area contributed by atoms with Crippen molar-refractivity contribution in [3.63, 3.8) is 0 Å². The molecule has 0 radical (unpaired) electrons. The smallest absolute Gasteiger partial charge is 0.224 e. The van der Waals surface area contributed by atoms with E-state index < -0.39 is 0 Å². The van der Waals surface area contributed by atoms with Crippen LogP contribution in [0, 0.1) is 0 Å². The van der Waals surface area contributed by atoms with Gasteiger partial charge in [0, 0.05) is 19.2 Å². The number of benzene rings is 1. The molecule has 2 amide bonds. The number of nitrogens with one attached hydrogen (secondary N) is 2. The molecular weight excluding hydrogens is 220 g/mol. The first-order valence-electron chi connectivity index (χ1n) is 5.36. The average Bonchev–Trinajstić information content (AvgIpc) is 2.28. The molecule has 1 aromatic carbocycles. The monoisotopic (exact) mass is 236 g/mol. The van der Waals surface area contributed by atoms with E-state index in [2.05, 4.69) is 10.6 Å². The zero-order valence-electron chi connectivity index (χ0n) is 9.69. The summed E-state index contributed by atoms with van der Waals surface area (Å²) in [7, 11) is 0. The molecule has 0 atom stereocenters. The first kappa shape index (κ1) is 13.2. The number of rotatable bonds is 5. The summed E-state index contributed by atoms with van der Waals surface area (Å²) in [6, 6.07) is 7.06. The quantitative estimate of drug-likeness (QED) is 0.688. The predicted molar refractivity (Wildman–Crippen MR) is 64.5 cm³/mol. The second-order valence-electron chi connectivity index (χ2n) is 3.63. The van der Waals surface area contributed by atoms with Gasteiger partial charge >= 0.3 is 0 Å². The maximum atomic E-state index is 11.3. The van der Waals surface area contributed by atoms with Crippen LogP contribution in [-0.4, -0.2) is 30.1 Å². The molecule has 0 aromatic heterocycles. The van der Waals surface area contributed by atoms with Gasteiger partial charge in [-0.05, 0) is 17.7 Å².